The van der Waals surface area contributed by atoms with Crippen molar-refractivity contribution in [1.29, 1.82) is 0 Å². The smallest absolute Gasteiger partial charge is 0.508 e. The Bertz CT molecular complexity index is 1700. The second-order valence-corrected chi connectivity index (χ2v) is 14.2. The Hall–Kier alpha value is -4.43. The maximum Gasteiger partial charge on any atom is 0.513 e. The standard InChI is InChI=1S/C13H14BrNO5.C12H15NO3.C12H17NO.CH4O/c1-19-13(16)20-12-7-11(15(17)18)10(14)6-9(12)8-4-2-3-5-8;1-8-6-10(9-4-2-3-5-9)12(14)7-11(8)13(15)16;1-8-6-10(9-4-2-3-5-9)12(14)7-11(8)13;1-2/h6-8H,2-5H2,1H3;6-7,9,14H,2-5H2,1H3;6-7,9,14H,2-5,13H2,1H3;2H,1H3. The monoisotopic (exact) mass is 787 g/mol. The maximum atomic E-state index is 11.3. The van der Waals surface area contributed by atoms with E-state index in [4.69, 9.17) is 15.6 Å². The third-order valence-corrected chi connectivity index (χ3v) is 10.6. The van der Waals surface area contributed by atoms with Crippen LogP contribution in [0.25, 0.3) is 0 Å². The van der Waals surface area contributed by atoms with E-state index >= 15 is 0 Å². The molecule has 3 aromatic carbocycles. The Labute approximate surface area is 312 Å². The number of nitrogens with zero attached hydrogens (tertiary/aromatic N) is 2. The molecule has 0 unspecified atom stereocenters. The van der Waals surface area contributed by atoms with Crippen molar-refractivity contribution in [2.24, 2.45) is 0 Å². The highest BCUT2D eigenvalue weighted by Crippen LogP contribution is 2.44. The number of nitrogens with two attached hydrogens (primary N) is 1. The van der Waals surface area contributed by atoms with Crippen LogP contribution in [0.4, 0.5) is 21.9 Å². The fraction of sp³-hybridized carbons (Fsp3) is 0.500. The number of anilines is 1. The van der Waals surface area contributed by atoms with Gasteiger partial charge in [0.2, 0.25) is 0 Å². The van der Waals surface area contributed by atoms with Gasteiger partial charge < -0.3 is 30.5 Å². The predicted molar refractivity (Wildman–Crippen MR) is 202 cm³/mol. The number of aryl methyl sites for hydroxylation is 2. The van der Waals surface area contributed by atoms with Crippen molar-refractivity contribution in [3.63, 3.8) is 0 Å². The number of aliphatic hydroxyl groups is 1. The van der Waals surface area contributed by atoms with Crippen LogP contribution in [-0.4, -0.2) is 45.5 Å². The van der Waals surface area contributed by atoms with Crippen LogP contribution in [-0.2, 0) is 4.74 Å². The highest BCUT2D eigenvalue weighted by Gasteiger charge is 2.27. The van der Waals surface area contributed by atoms with Gasteiger partial charge in [0.05, 0.1) is 33.6 Å². The summed E-state index contributed by atoms with van der Waals surface area (Å²) in [4.78, 5) is 32.0. The Morgan fingerprint density at radius 3 is 1.58 bits per heavy atom. The number of halogens is 1. The van der Waals surface area contributed by atoms with E-state index in [1.165, 1.54) is 57.8 Å². The van der Waals surface area contributed by atoms with Crippen LogP contribution >= 0.6 is 15.9 Å². The van der Waals surface area contributed by atoms with Crippen molar-refractivity contribution in [2.75, 3.05) is 20.0 Å². The van der Waals surface area contributed by atoms with Crippen molar-refractivity contribution in [1.82, 2.24) is 0 Å². The number of nitro benzene ring substituents is 2. The van der Waals surface area contributed by atoms with Crippen LogP contribution < -0.4 is 10.5 Å². The lowest BCUT2D eigenvalue weighted by molar-refractivity contribution is -0.385. The molecule has 0 bridgehead atoms. The number of benzene rings is 3. The average Bonchev–Trinajstić information content (AvgIpc) is 3.94. The maximum absolute atomic E-state index is 11.3. The van der Waals surface area contributed by atoms with Gasteiger partial charge in [-0.25, -0.2) is 4.79 Å². The fourth-order valence-electron chi connectivity index (χ4n) is 7.24. The molecule has 14 heteroatoms. The lowest BCUT2D eigenvalue weighted by atomic mass is 9.94. The fourth-order valence-corrected chi connectivity index (χ4v) is 7.75. The summed E-state index contributed by atoms with van der Waals surface area (Å²) < 4.78 is 9.92. The molecule has 0 aliphatic heterocycles. The third-order valence-electron chi connectivity index (χ3n) is 9.98. The van der Waals surface area contributed by atoms with Gasteiger partial charge >= 0.3 is 6.16 Å². The second-order valence-electron chi connectivity index (χ2n) is 13.3. The van der Waals surface area contributed by atoms with Gasteiger partial charge in [-0.2, -0.15) is 0 Å². The van der Waals surface area contributed by atoms with Gasteiger partial charge in [0.25, 0.3) is 11.4 Å². The lowest BCUT2D eigenvalue weighted by Crippen LogP contribution is -2.10. The molecule has 0 aromatic heterocycles. The molecule has 13 nitrogen and oxygen atoms in total. The Morgan fingerprint density at radius 2 is 1.13 bits per heavy atom. The number of phenolic OH excluding ortho intramolecular Hbond substituents is 2. The Kier molecular flexibility index (Phi) is 16.1. The van der Waals surface area contributed by atoms with Crippen LogP contribution in [0.2, 0.25) is 0 Å². The first-order chi connectivity index (χ1) is 24.8. The number of nitro groups is 2. The number of ether oxygens (including phenoxy) is 2. The van der Waals surface area contributed by atoms with Gasteiger partial charge in [-0.3, -0.25) is 20.2 Å². The molecule has 0 spiro atoms. The minimum absolute atomic E-state index is 0.000697. The number of hydrogen-bond donors (Lipinski definition) is 4. The van der Waals surface area contributed by atoms with Gasteiger partial charge in [0, 0.05) is 24.4 Å². The summed E-state index contributed by atoms with van der Waals surface area (Å²) in [6.07, 6.45) is 12.8. The molecule has 284 valence electrons. The van der Waals surface area contributed by atoms with Crippen molar-refractivity contribution in [3.05, 3.63) is 88.9 Å². The van der Waals surface area contributed by atoms with Crippen LogP contribution in [0, 0.1) is 34.1 Å². The Morgan fingerprint density at radius 1 is 0.712 bits per heavy atom. The number of methoxy groups -OCH3 is 1. The van der Waals surface area contributed by atoms with E-state index in [2.05, 4.69) is 20.7 Å². The quantitative estimate of drug-likeness (QED) is 0.0607. The number of hydrogen-bond acceptors (Lipinski definition) is 11. The summed E-state index contributed by atoms with van der Waals surface area (Å²) in [7, 11) is 2.20. The van der Waals surface area contributed by atoms with E-state index in [9.17, 15) is 35.2 Å². The van der Waals surface area contributed by atoms with Crippen molar-refractivity contribution in [2.45, 2.75) is 109 Å². The number of aromatic hydroxyl groups is 2. The normalized spacial score (nSPS) is 15.7. The van der Waals surface area contributed by atoms with Crippen LogP contribution in [0.5, 0.6) is 17.2 Å². The van der Waals surface area contributed by atoms with Crippen LogP contribution in [0.3, 0.4) is 0 Å². The predicted octanol–water partition coefficient (Wildman–Crippen LogP) is 9.98. The topological polar surface area (TPSA) is 209 Å². The lowest BCUT2D eigenvalue weighted by Gasteiger charge is -2.15. The molecule has 3 saturated carbocycles. The summed E-state index contributed by atoms with van der Waals surface area (Å²) in [6.45, 7) is 3.71. The SMILES string of the molecule is CO.COC(=O)Oc1cc([N+](=O)[O-])c(Br)cc1C1CCCC1.Cc1cc(C2CCCC2)c(O)cc1N.Cc1cc(C2CCCC2)c(O)cc1[N+](=O)[O-]. The molecule has 0 radical (unpaired) electrons. The van der Waals surface area contributed by atoms with Crippen molar-refractivity contribution in [3.8, 4) is 17.2 Å². The number of phenols is 2. The van der Waals surface area contributed by atoms with E-state index in [1.807, 2.05) is 13.0 Å². The van der Waals surface area contributed by atoms with Gasteiger partial charge in [0.15, 0.2) is 0 Å². The molecule has 3 aliphatic rings. The summed E-state index contributed by atoms with van der Waals surface area (Å²) in [5, 5.41) is 48.3. The molecular formula is C38H50BrN3O10. The first-order valence-corrected chi connectivity index (χ1v) is 18.3. The van der Waals surface area contributed by atoms with E-state index in [0.717, 1.165) is 67.9 Å². The molecule has 52 heavy (non-hydrogen) atoms. The summed E-state index contributed by atoms with van der Waals surface area (Å²) >= 11 is 3.20. The number of carbonyl (C=O) groups excluding carboxylic acids is 1. The first-order valence-electron chi connectivity index (χ1n) is 17.6. The number of aliphatic hydroxyl groups excluding tert-OH is 1. The first kappa shape index (κ1) is 42.0. The summed E-state index contributed by atoms with van der Waals surface area (Å²) in [5.41, 5.74) is 10.8. The van der Waals surface area contributed by atoms with Crippen LogP contribution in [0.1, 0.15) is 123 Å². The van der Waals surface area contributed by atoms with E-state index < -0.39 is 16.0 Å². The van der Waals surface area contributed by atoms with Crippen molar-refractivity contribution < 1.29 is 39.4 Å². The van der Waals surface area contributed by atoms with E-state index in [0.29, 0.717) is 33.3 Å². The molecule has 0 amide bonds. The molecule has 5 N–H and O–H groups in total. The Balaban J connectivity index is 0.000000208. The average molecular weight is 789 g/mol. The van der Waals surface area contributed by atoms with Crippen molar-refractivity contribution >= 4 is 39.1 Å². The van der Waals surface area contributed by atoms with E-state index in [1.54, 1.807) is 25.1 Å². The zero-order valence-corrected chi connectivity index (χ0v) is 31.8. The third kappa shape index (κ3) is 11.0. The zero-order chi connectivity index (χ0) is 38.5. The number of nitrogen functional groups attached to an aromatic ring is 1. The highest BCUT2D eigenvalue weighted by atomic mass is 79.9. The molecule has 0 heterocycles. The number of carbonyl (C=O) groups is 1. The van der Waals surface area contributed by atoms with Gasteiger partial charge in [-0.05, 0) is 120 Å². The summed E-state index contributed by atoms with van der Waals surface area (Å²) in [6, 6.07) is 9.72. The zero-order valence-electron chi connectivity index (χ0n) is 30.2. The second kappa shape index (κ2) is 20.0. The minimum Gasteiger partial charge on any atom is -0.508 e. The highest BCUT2D eigenvalue weighted by molar-refractivity contribution is 9.10. The molecule has 6 rings (SSSR count). The van der Waals surface area contributed by atoms with Crippen LogP contribution in [0.15, 0.2) is 40.9 Å². The minimum atomic E-state index is -0.874. The largest absolute Gasteiger partial charge is 0.513 e. The number of rotatable bonds is 6. The molecule has 0 atom stereocenters. The van der Waals surface area contributed by atoms with Gasteiger partial charge in [-0.1, -0.05) is 44.6 Å². The summed E-state index contributed by atoms with van der Waals surface area (Å²) in [5.74, 6) is 1.84. The molecule has 3 aliphatic carbocycles. The molecule has 3 aromatic rings. The molecule has 0 saturated heterocycles. The van der Waals surface area contributed by atoms with Gasteiger partial charge in [-0.15, -0.1) is 0 Å². The van der Waals surface area contributed by atoms with Gasteiger partial charge in [0.1, 0.15) is 17.2 Å². The van der Waals surface area contributed by atoms with E-state index in [-0.39, 0.29) is 28.8 Å². The molecule has 3 fully saturated rings. The molecular weight excluding hydrogens is 738 g/mol.